The minimum Gasteiger partial charge on any atom is -0.293 e. The smallest absolute Gasteiger partial charge is 0.249 e. The number of H-pyrrole nitrogens is 1. The van der Waals surface area contributed by atoms with Crippen molar-refractivity contribution in [3.8, 4) is 0 Å². The number of nitrogens with one attached hydrogen (secondary N) is 1. The molecule has 7 nitrogen and oxygen atoms in total. The number of aromatic amines is 1. The van der Waals surface area contributed by atoms with Gasteiger partial charge in [0.25, 0.3) is 0 Å². The highest BCUT2D eigenvalue weighted by molar-refractivity contribution is 6.29. The molecule has 2 aromatic carbocycles. The molecule has 1 unspecified atom stereocenters. The molecule has 1 atom stereocenters. The van der Waals surface area contributed by atoms with E-state index in [0.29, 0.717) is 22.3 Å². The Morgan fingerprint density at radius 1 is 1.03 bits per heavy atom. The van der Waals surface area contributed by atoms with Gasteiger partial charge >= 0.3 is 0 Å². The predicted octanol–water partition coefficient (Wildman–Crippen LogP) is 3.99. The number of carbonyl (C=O) groups excluding carboxylic acids is 3. The Kier molecular flexibility index (Phi) is 4.71. The Labute approximate surface area is 183 Å². The van der Waals surface area contributed by atoms with Crippen LogP contribution in [0.15, 0.2) is 67.0 Å². The lowest BCUT2D eigenvalue weighted by molar-refractivity contribution is -0.125. The van der Waals surface area contributed by atoms with Crippen molar-refractivity contribution in [2.75, 3.05) is 4.90 Å². The average molecular weight is 422 g/mol. The predicted molar refractivity (Wildman–Crippen MR) is 121 cm³/mol. The number of carbonyl (C=O) groups is 3. The topological polar surface area (TPSA) is 96.0 Å². The van der Waals surface area contributed by atoms with Crippen LogP contribution in [0.1, 0.15) is 40.0 Å². The summed E-state index contributed by atoms with van der Waals surface area (Å²) in [4.78, 5) is 43.4. The van der Waals surface area contributed by atoms with Crippen molar-refractivity contribution >= 4 is 46.3 Å². The lowest BCUT2D eigenvalue weighted by Crippen LogP contribution is -2.35. The first-order valence-electron chi connectivity index (χ1n) is 10.1. The van der Waals surface area contributed by atoms with Crippen molar-refractivity contribution in [1.82, 2.24) is 15.2 Å². The zero-order chi connectivity index (χ0) is 22.2. The number of fused-ring (bicyclic) bond motifs is 2. The summed E-state index contributed by atoms with van der Waals surface area (Å²) < 4.78 is 0. The number of ketones is 1. The van der Waals surface area contributed by atoms with Gasteiger partial charge in [-0.3, -0.25) is 24.5 Å². The standard InChI is InChI=1S/C25H18N4O3/c1-15(30)29-22-5-3-2-4-19(22)23(25(29)32)24(31)17-7-8-18-20(27-28-21(18)14-17)9-6-16-10-12-26-13-11-16/h2-14,23H,1H3,(H,27,28)/b9-6+. The second kappa shape index (κ2) is 7.70. The van der Waals surface area contributed by atoms with E-state index in [4.69, 9.17) is 0 Å². The van der Waals surface area contributed by atoms with Gasteiger partial charge in [-0.25, -0.2) is 4.90 Å². The van der Waals surface area contributed by atoms with Crippen LogP contribution >= 0.6 is 0 Å². The third kappa shape index (κ3) is 3.20. The van der Waals surface area contributed by atoms with Gasteiger partial charge in [0, 0.05) is 30.3 Å². The highest BCUT2D eigenvalue weighted by Gasteiger charge is 2.43. The number of para-hydroxylation sites is 1. The molecule has 0 fully saturated rings. The molecule has 1 aliphatic heterocycles. The molecule has 7 heteroatoms. The summed E-state index contributed by atoms with van der Waals surface area (Å²) in [5.74, 6) is -2.32. The summed E-state index contributed by atoms with van der Waals surface area (Å²) in [6, 6.07) is 15.9. The van der Waals surface area contributed by atoms with Crippen molar-refractivity contribution in [1.29, 1.82) is 0 Å². The number of amides is 2. The first-order valence-corrected chi connectivity index (χ1v) is 10.1. The number of rotatable bonds is 4. The highest BCUT2D eigenvalue weighted by Crippen LogP contribution is 2.39. The number of hydrogen-bond donors (Lipinski definition) is 1. The lowest BCUT2D eigenvalue weighted by Gasteiger charge is -2.13. The number of imide groups is 1. The van der Waals surface area contributed by atoms with Crippen LogP contribution in [0.3, 0.4) is 0 Å². The van der Waals surface area contributed by atoms with Gasteiger partial charge < -0.3 is 0 Å². The molecule has 1 aliphatic rings. The molecule has 3 heterocycles. The largest absolute Gasteiger partial charge is 0.293 e. The van der Waals surface area contributed by atoms with Crippen LogP contribution in [0.5, 0.6) is 0 Å². The van der Waals surface area contributed by atoms with Gasteiger partial charge in [0.15, 0.2) is 5.78 Å². The molecule has 2 aromatic heterocycles. The lowest BCUT2D eigenvalue weighted by atomic mass is 9.91. The Morgan fingerprint density at radius 2 is 1.81 bits per heavy atom. The molecular weight excluding hydrogens is 404 g/mol. The first kappa shape index (κ1) is 19.6. The molecule has 0 saturated carbocycles. The quantitative estimate of drug-likeness (QED) is 0.396. The second-order valence-electron chi connectivity index (χ2n) is 7.53. The van der Waals surface area contributed by atoms with Gasteiger partial charge in [0.05, 0.1) is 16.9 Å². The fourth-order valence-corrected chi connectivity index (χ4v) is 4.03. The minimum atomic E-state index is -1.04. The van der Waals surface area contributed by atoms with E-state index in [2.05, 4.69) is 15.2 Å². The Morgan fingerprint density at radius 3 is 2.59 bits per heavy atom. The van der Waals surface area contributed by atoms with Crippen molar-refractivity contribution in [3.05, 3.63) is 89.4 Å². The number of hydrogen-bond acceptors (Lipinski definition) is 5. The maximum absolute atomic E-state index is 13.3. The maximum atomic E-state index is 13.3. The highest BCUT2D eigenvalue weighted by atomic mass is 16.2. The van der Waals surface area contributed by atoms with Gasteiger partial charge in [-0.2, -0.15) is 5.10 Å². The molecule has 0 bridgehead atoms. The normalized spacial score (nSPS) is 15.5. The van der Waals surface area contributed by atoms with E-state index in [0.717, 1.165) is 21.5 Å². The fourth-order valence-electron chi connectivity index (χ4n) is 4.03. The van der Waals surface area contributed by atoms with Gasteiger partial charge in [0.2, 0.25) is 11.8 Å². The summed E-state index contributed by atoms with van der Waals surface area (Å²) in [6.07, 6.45) is 7.25. The van der Waals surface area contributed by atoms with Crippen molar-refractivity contribution in [3.63, 3.8) is 0 Å². The number of aromatic nitrogens is 3. The van der Waals surface area contributed by atoms with Gasteiger partial charge in [-0.1, -0.05) is 30.3 Å². The van der Waals surface area contributed by atoms with Crippen LogP contribution in [-0.2, 0) is 9.59 Å². The minimum absolute atomic E-state index is 0.350. The van der Waals surface area contributed by atoms with E-state index in [9.17, 15) is 14.4 Å². The number of benzene rings is 2. The molecule has 1 N–H and O–H groups in total. The molecule has 2 amide bonds. The van der Waals surface area contributed by atoms with Crippen molar-refractivity contribution in [2.24, 2.45) is 0 Å². The summed E-state index contributed by atoms with van der Waals surface area (Å²) >= 11 is 0. The monoisotopic (exact) mass is 422 g/mol. The third-order valence-corrected chi connectivity index (χ3v) is 5.55. The van der Waals surface area contributed by atoms with Crippen molar-refractivity contribution < 1.29 is 14.4 Å². The zero-order valence-corrected chi connectivity index (χ0v) is 17.1. The van der Waals surface area contributed by atoms with Crippen LogP contribution in [0.25, 0.3) is 23.1 Å². The SMILES string of the molecule is CC(=O)N1C(=O)C(C(=O)c2ccc3c(/C=C/c4ccncc4)n[nH]c3c2)c2ccccc21. The molecular formula is C25H18N4O3. The summed E-state index contributed by atoms with van der Waals surface area (Å²) in [5, 5.41) is 8.15. The molecule has 0 radical (unpaired) electrons. The Balaban J connectivity index is 1.48. The summed E-state index contributed by atoms with van der Waals surface area (Å²) in [5.41, 5.74) is 3.81. The van der Waals surface area contributed by atoms with E-state index in [1.165, 1.54) is 6.92 Å². The second-order valence-corrected chi connectivity index (χ2v) is 7.53. The number of Topliss-reactive ketones (excluding diaryl/α,β-unsaturated/α-hetero) is 1. The first-order chi connectivity index (χ1) is 15.5. The average Bonchev–Trinajstić information content (AvgIpc) is 3.35. The number of nitrogens with zero attached hydrogens (tertiary/aromatic N) is 3. The van der Waals surface area contributed by atoms with Gasteiger partial charge in [-0.15, -0.1) is 0 Å². The molecule has 0 spiro atoms. The third-order valence-electron chi connectivity index (χ3n) is 5.55. The number of anilines is 1. The molecule has 0 saturated heterocycles. The molecule has 4 aromatic rings. The van der Waals surface area contributed by atoms with Crippen LogP contribution in [0, 0.1) is 0 Å². The maximum Gasteiger partial charge on any atom is 0.249 e. The number of pyridine rings is 1. The molecule has 0 aliphatic carbocycles. The molecule has 156 valence electrons. The van der Waals surface area contributed by atoms with E-state index in [1.54, 1.807) is 48.8 Å². The van der Waals surface area contributed by atoms with Crippen LogP contribution in [-0.4, -0.2) is 32.8 Å². The van der Waals surface area contributed by atoms with Crippen LogP contribution in [0.2, 0.25) is 0 Å². The molecule has 5 rings (SSSR count). The Hall–Kier alpha value is -4.39. The summed E-state index contributed by atoms with van der Waals surface area (Å²) in [7, 11) is 0. The van der Waals surface area contributed by atoms with E-state index >= 15 is 0 Å². The zero-order valence-electron chi connectivity index (χ0n) is 17.1. The fraction of sp³-hybridized carbons (Fsp3) is 0.0800. The molecule has 32 heavy (non-hydrogen) atoms. The Bertz CT molecular complexity index is 1410. The summed E-state index contributed by atoms with van der Waals surface area (Å²) in [6.45, 7) is 1.32. The van der Waals surface area contributed by atoms with E-state index in [-0.39, 0.29) is 5.78 Å². The van der Waals surface area contributed by atoms with Gasteiger partial charge in [0.1, 0.15) is 5.92 Å². The van der Waals surface area contributed by atoms with Crippen LogP contribution < -0.4 is 4.90 Å². The van der Waals surface area contributed by atoms with Gasteiger partial charge in [-0.05, 0) is 47.5 Å². The van der Waals surface area contributed by atoms with Crippen LogP contribution in [0.4, 0.5) is 5.69 Å². The van der Waals surface area contributed by atoms with E-state index in [1.807, 2.05) is 30.4 Å². The van der Waals surface area contributed by atoms with Crippen molar-refractivity contribution in [2.45, 2.75) is 12.8 Å². The van der Waals surface area contributed by atoms with E-state index < -0.39 is 17.7 Å².